The highest BCUT2D eigenvalue weighted by Crippen LogP contribution is 2.26. The van der Waals surface area contributed by atoms with Crippen molar-refractivity contribution < 1.29 is 32.3 Å². The fourth-order valence-corrected chi connectivity index (χ4v) is 3.79. The number of nitrogens with one attached hydrogen (secondary N) is 2. The molecule has 1 atom stereocenters. The lowest BCUT2D eigenvalue weighted by Crippen LogP contribution is -2.43. The van der Waals surface area contributed by atoms with Crippen LogP contribution < -0.4 is 20.1 Å². The van der Waals surface area contributed by atoms with Crippen molar-refractivity contribution in [1.82, 2.24) is 15.7 Å². The van der Waals surface area contributed by atoms with E-state index in [1.165, 1.54) is 24.6 Å². The molecule has 2 fully saturated rings. The molecule has 0 bridgehead atoms. The van der Waals surface area contributed by atoms with Gasteiger partial charge in [-0.2, -0.15) is 18.2 Å². The number of rotatable bonds is 10. The standard InChI is InChI=1S/C22H32F3N3O4/c23-22(24,25)16-31-18-7-8-20(30-12-13-32-28-10-4-1-5-11-28)19(14-18)21(29)27-15-17-6-2-3-9-26-17/h7-8,14,17,26H,1-6,9-13,15-16H2,(H,27,29). The van der Waals surface area contributed by atoms with Crippen molar-refractivity contribution in [1.29, 1.82) is 0 Å². The van der Waals surface area contributed by atoms with E-state index in [1.54, 1.807) is 0 Å². The number of carbonyl (C=O) groups is 1. The number of amides is 1. The molecule has 2 aliphatic rings. The topological polar surface area (TPSA) is 72.1 Å². The second-order valence-electron chi connectivity index (χ2n) is 8.09. The maximum atomic E-state index is 12.8. The van der Waals surface area contributed by atoms with Crippen LogP contribution in [0, 0.1) is 0 Å². The second kappa shape index (κ2) is 12.3. The monoisotopic (exact) mass is 459 g/mol. The molecule has 10 heteroatoms. The van der Waals surface area contributed by atoms with Crippen LogP contribution >= 0.6 is 0 Å². The van der Waals surface area contributed by atoms with E-state index in [4.69, 9.17) is 14.3 Å². The van der Waals surface area contributed by atoms with Crippen LogP contribution in [-0.4, -0.2) is 69.2 Å². The molecule has 32 heavy (non-hydrogen) atoms. The lowest BCUT2D eigenvalue weighted by Gasteiger charge is -2.25. The largest absolute Gasteiger partial charge is 0.490 e. The van der Waals surface area contributed by atoms with Gasteiger partial charge in [-0.3, -0.25) is 9.63 Å². The third-order valence-electron chi connectivity index (χ3n) is 5.45. The Balaban J connectivity index is 1.58. The molecular formula is C22H32F3N3O4. The molecule has 0 aromatic heterocycles. The number of carbonyl (C=O) groups excluding carboxylic acids is 1. The smallest absolute Gasteiger partial charge is 0.422 e. The van der Waals surface area contributed by atoms with Crippen LogP contribution in [-0.2, 0) is 4.84 Å². The molecule has 0 radical (unpaired) electrons. The molecule has 1 amide bonds. The number of ether oxygens (including phenoxy) is 2. The quantitative estimate of drug-likeness (QED) is 0.524. The maximum Gasteiger partial charge on any atom is 0.422 e. The van der Waals surface area contributed by atoms with Crippen LogP contribution in [0.3, 0.4) is 0 Å². The van der Waals surface area contributed by atoms with E-state index < -0.39 is 18.7 Å². The third-order valence-corrected chi connectivity index (χ3v) is 5.45. The van der Waals surface area contributed by atoms with E-state index in [9.17, 15) is 18.0 Å². The highest BCUT2D eigenvalue weighted by Gasteiger charge is 2.28. The van der Waals surface area contributed by atoms with E-state index in [0.29, 0.717) is 13.2 Å². The molecule has 3 rings (SSSR count). The first kappa shape index (κ1) is 24.6. The average molecular weight is 460 g/mol. The molecule has 1 aromatic carbocycles. The van der Waals surface area contributed by atoms with E-state index >= 15 is 0 Å². The van der Waals surface area contributed by atoms with Gasteiger partial charge >= 0.3 is 6.18 Å². The van der Waals surface area contributed by atoms with Crippen LogP contribution in [0.4, 0.5) is 13.2 Å². The number of alkyl halides is 3. The Morgan fingerprint density at radius 1 is 1.09 bits per heavy atom. The van der Waals surface area contributed by atoms with Crippen LogP contribution in [0.1, 0.15) is 48.9 Å². The molecule has 0 saturated carbocycles. The van der Waals surface area contributed by atoms with Gasteiger partial charge in [0.1, 0.15) is 24.7 Å². The van der Waals surface area contributed by atoms with Gasteiger partial charge in [0, 0.05) is 25.7 Å². The van der Waals surface area contributed by atoms with E-state index in [-0.39, 0.29) is 29.7 Å². The first-order valence-electron chi connectivity index (χ1n) is 11.3. The SMILES string of the molecule is O=C(NCC1CCCCN1)c1cc(OCC(F)(F)F)ccc1OCCON1CCCCC1. The second-order valence-corrected chi connectivity index (χ2v) is 8.09. The lowest BCUT2D eigenvalue weighted by molar-refractivity contribution is -0.172. The Bertz CT molecular complexity index is 721. The molecule has 2 aliphatic heterocycles. The van der Waals surface area contributed by atoms with Crippen molar-refractivity contribution in [2.75, 3.05) is 46.0 Å². The van der Waals surface area contributed by atoms with E-state index in [0.717, 1.165) is 51.7 Å². The fraction of sp³-hybridized carbons (Fsp3) is 0.682. The minimum Gasteiger partial charge on any atom is -0.490 e. The molecular weight excluding hydrogens is 427 g/mol. The van der Waals surface area contributed by atoms with Crippen LogP contribution in [0.15, 0.2) is 18.2 Å². The Kier molecular flexibility index (Phi) is 9.43. The summed E-state index contributed by atoms with van der Waals surface area (Å²) in [5, 5.41) is 8.11. The minimum absolute atomic E-state index is 0.0415. The molecule has 1 aromatic rings. The van der Waals surface area contributed by atoms with Crippen molar-refractivity contribution in [3.8, 4) is 11.5 Å². The number of hydroxylamine groups is 2. The first-order chi connectivity index (χ1) is 15.4. The number of hydrogen-bond donors (Lipinski definition) is 2. The Morgan fingerprint density at radius 3 is 2.62 bits per heavy atom. The fourth-order valence-electron chi connectivity index (χ4n) is 3.79. The van der Waals surface area contributed by atoms with Crippen molar-refractivity contribution in [3.05, 3.63) is 23.8 Å². The van der Waals surface area contributed by atoms with Gasteiger partial charge in [-0.1, -0.05) is 12.8 Å². The summed E-state index contributed by atoms with van der Waals surface area (Å²) in [7, 11) is 0. The highest BCUT2D eigenvalue weighted by molar-refractivity contribution is 5.97. The number of benzene rings is 1. The van der Waals surface area contributed by atoms with Gasteiger partial charge in [0.25, 0.3) is 5.91 Å². The summed E-state index contributed by atoms with van der Waals surface area (Å²) in [5.74, 6) is -0.178. The van der Waals surface area contributed by atoms with Crippen molar-refractivity contribution >= 4 is 5.91 Å². The minimum atomic E-state index is -4.46. The maximum absolute atomic E-state index is 12.8. The summed E-state index contributed by atoms with van der Waals surface area (Å²) in [5.41, 5.74) is 0.137. The van der Waals surface area contributed by atoms with Gasteiger partial charge in [-0.05, 0) is 50.4 Å². The predicted molar refractivity (Wildman–Crippen MR) is 113 cm³/mol. The first-order valence-corrected chi connectivity index (χ1v) is 11.3. The predicted octanol–water partition coefficient (Wildman–Crippen LogP) is 3.30. The van der Waals surface area contributed by atoms with Gasteiger partial charge in [0.15, 0.2) is 6.61 Å². The van der Waals surface area contributed by atoms with Crippen molar-refractivity contribution in [3.63, 3.8) is 0 Å². The average Bonchev–Trinajstić information content (AvgIpc) is 2.80. The van der Waals surface area contributed by atoms with Gasteiger partial charge in [-0.15, -0.1) is 0 Å². The summed E-state index contributed by atoms with van der Waals surface area (Å²) in [6.45, 7) is 2.21. The third kappa shape index (κ3) is 8.48. The summed E-state index contributed by atoms with van der Waals surface area (Å²) in [4.78, 5) is 18.5. The molecule has 1 unspecified atom stereocenters. The van der Waals surface area contributed by atoms with E-state index in [1.807, 2.05) is 5.06 Å². The Morgan fingerprint density at radius 2 is 1.91 bits per heavy atom. The molecule has 2 heterocycles. The number of hydrogen-bond acceptors (Lipinski definition) is 6. The zero-order valence-electron chi connectivity index (χ0n) is 18.2. The van der Waals surface area contributed by atoms with Crippen molar-refractivity contribution in [2.24, 2.45) is 0 Å². The summed E-state index contributed by atoms with van der Waals surface area (Å²) >= 11 is 0. The Labute approximate surface area is 186 Å². The summed E-state index contributed by atoms with van der Waals surface area (Å²) < 4.78 is 48.1. The van der Waals surface area contributed by atoms with Gasteiger partial charge in [0.2, 0.25) is 0 Å². The summed E-state index contributed by atoms with van der Waals surface area (Å²) in [6.07, 6.45) is 2.11. The van der Waals surface area contributed by atoms with Gasteiger partial charge in [0.05, 0.1) is 5.56 Å². The Hall–Kier alpha value is -2.04. The normalized spacial score (nSPS) is 20.0. The number of halogens is 3. The molecule has 0 spiro atoms. The summed E-state index contributed by atoms with van der Waals surface area (Å²) in [6, 6.07) is 4.29. The number of nitrogens with zero attached hydrogens (tertiary/aromatic N) is 1. The molecule has 7 nitrogen and oxygen atoms in total. The van der Waals surface area contributed by atoms with Gasteiger partial charge < -0.3 is 20.1 Å². The molecule has 2 N–H and O–H groups in total. The molecule has 2 saturated heterocycles. The lowest BCUT2D eigenvalue weighted by atomic mass is 10.0. The zero-order chi connectivity index (χ0) is 22.8. The number of piperidine rings is 2. The van der Waals surface area contributed by atoms with Crippen LogP contribution in [0.2, 0.25) is 0 Å². The van der Waals surface area contributed by atoms with E-state index in [2.05, 4.69) is 10.6 Å². The van der Waals surface area contributed by atoms with Crippen LogP contribution in [0.25, 0.3) is 0 Å². The zero-order valence-corrected chi connectivity index (χ0v) is 18.2. The van der Waals surface area contributed by atoms with Crippen LogP contribution in [0.5, 0.6) is 11.5 Å². The molecule has 0 aliphatic carbocycles. The highest BCUT2D eigenvalue weighted by atomic mass is 19.4. The van der Waals surface area contributed by atoms with Crippen molar-refractivity contribution in [2.45, 2.75) is 50.7 Å². The van der Waals surface area contributed by atoms with Gasteiger partial charge in [-0.25, -0.2) is 0 Å². The molecule has 180 valence electrons.